The third-order valence-corrected chi connectivity index (χ3v) is 17.4. The molecule has 8 aromatic rings. The fourth-order valence-electron chi connectivity index (χ4n) is 4.80. The molecule has 0 unspecified atom stereocenters. The predicted molar refractivity (Wildman–Crippen MR) is 201 cm³/mol. The number of aryl methyl sites for hydroxylation is 2. The van der Waals surface area contributed by atoms with Crippen LogP contribution in [0.5, 0.6) is 0 Å². The molecule has 2 aromatic carbocycles. The molecular formula is C28H12I4O2S4. The molecule has 38 heavy (non-hydrogen) atoms. The van der Waals surface area contributed by atoms with Crippen molar-refractivity contribution in [3.8, 4) is 19.5 Å². The summed E-state index contributed by atoms with van der Waals surface area (Å²) < 4.78 is 23.1. The normalized spacial score (nSPS) is 12.5. The second-order valence-corrected chi connectivity index (χ2v) is 17.6. The quantitative estimate of drug-likeness (QED) is 0.161. The van der Waals surface area contributed by atoms with Gasteiger partial charge in [-0.05, 0) is 127 Å². The largest absolute Gasteiger partial charge is 0.449 e. The Kier molecular flexibility index (Phi) is 6.26. The molecular weight excluding hydrogens is 1000 g/mol. The van der Waals surface area contributed by atoms with Crippen LogP contribution >= 0.6 is 136 Å². The monoisotopic (exact) mass is 1020 g/mol. The van der Waals surface area contributed by atoms with E-state index in [0.29, 0.717) is 0 Å². The van der Waals surface area contributed by atoms with Crippen LogP contribution in [-0.2, 0) is 0 Å². The molecule has 0 amide bonds. The molecule has 0 aliphatic carbocycles. The Hall–Kier alpha value is 0.0200. The van der Waals surface area contributed by atoms with Gasteiger partial charge in [0.25, 0.3) is 0 Å². The number of halogens is 4. The van der Waals surface area contributed by atoms with Crippen molar-refractivity contribution in [2.24, 2.45) is 0 Å². The van der Waals surface area contributed by atoms with Gasteiger partial charge in [-0.1, -0.05) is 24.3 Å². The molecule has 8 rings (SSSR count). The maximum absolute atomic E-state index is 6.60. The zero-order chi connectivity index (χ0) is 26.0. The number of benzene rings is 2. The first kappa shape index (κ1) is 25.7. The number of rotatable bonds is 2. The molecule has 0 N–H and O–H groups in total. The van der Waals surface area contributed by atoms with Gasteiger partial charge in [0.2, 0.25) is 0 Å². The van der Waals surface area contributed by atoms with Crippen LogP contribution in [0.25, 0.3) is 71.4 Å². The molecule has 0 aliphatic rings. The number of thiophene rings is 4. The summed E-state index contributed by atoms with van der Waals surface area (Å²) >= 11 is 17.2. The topological polar surface area (TPSA) is 26.3 Å². The Morgan fingerprint density at radius 1 is 0.500 bits per heavy atom. The van der Waals surface area contributed by atoms with Gasteiger partial charge < -0.3 is 8.83 Å². The number of fused-ring (bicyclic) bond motifs is 7. The molecule has 0 aliphatic heterocycles. The third-order valence-electron chi connectivity index (χ3n) is 6.63. The Bertz CT molecular complexity index is 2110. The first-order valence-electron chi connectivity index (χ1n) is 11.4. The highest BCUT2D eigenvalue weighted by Crippen LogP contribution is 2.54. The van der Waals surface area contributed by atoms with Crippen molar-refractivity contribution < 1.29 is 8.83 Å². The minimum atomic E-state index is 0.883. The van der Waals surface area contributed by atoms with Crippen LogP contribution in [0.2, 0.25) is 0 Å². The smallest absolute Gasteiger partial charge is 0.192 e. The molecule has 0 spiro atoms. The van der Waals surface area contributed by atoms with Gasteiger partial charge in [0.15, 0.2) is 22.3 Å². The number of hydrogen-bond acceptors (Lipinski definition) is 6. The predicted octanol–water partition coefficient (Wildman–Crippen LogP) is 13.3. The van der Waals surface area contributed by atoms with E-state index in [1.807, 2.05) is 22.7 Å². The Morgan fingerprint density at radius 3 is 1.32 bits per heavy atom. The van der Waals surface area contributed by atoms with E-state index < -0.39 is 0 Å². The molecule has 2 nitrogen and oxygen atoms in total. The summed E-state index contributed by atoms with van der Waals surface area (Å²) in [6, 6.07) is 13.5. The van der Waals surface area contributed by atoms with Crippen LogP contribution in [0.15, 0.2) is 45.2 Å². The van der Waals surface area contributed by atoms with E-state index in [9.17, 15) is 0 Å². The fourth-order valence-corrected chi connectivity index (χ4v) is 15.2. The summed E-state index contributed by atoms with van der Waals surface area (Å²) in [5.74, 6) is 0. The van der Waals surface area contributed by atoms with Crippen molar-refractivity contribution in [1.82, 2.24) is 0 Å². The summed E-state index contributed by atoms with van der Waals surface area (Å²) in [5, 5.41) is 2.66. The molecule has 10 heteroatoms. The summed E-state index contributed by atoms with van der Waals surface area (Å²) in [6.07, 6.45) is 0. The van der Waals surface area contributed by atoms with Crippen LogP contribution in [0.1, 0.15) is 11.1 Å². The van der Waals surface area contributed by atoms with Gasteiger partial charge >= 0.3 is 0 Å². The Labute approximate surface area is 287 Å². The molecule has 6 aromatic heterocycles. The van der Waals surface area contributed by atoms with Crippen LogP contribution in [-0.4, -0.2) is 0 Å². The summed E-state index contributed by atoms with van der Waals surface area (Å²) in [7, 11) is 0. The zero-order valence-corrected chi connectivity index (χ0v) is 31.3. The van der Waals surface area contributed by atoms with E-state index in [0.717, 1.165) is 31.7 Å². The van der Waals surface area contributed by atoms with E-state index in [-0.39, 0.29) is 0 Å². The lowest BCUT2D eigenvalue weighted by molar-refractivity contribution is 0.651. The zero-order valence-electron chi connectivity index (χ0n) is 19.4. The summed E-state index contributed by atoms with van der Waals surface area (Å²) in [4.78, 5) is 5.18. The van der Waals surface area contributed by atoms with Crippen LogP contribution < -0.4 is 0 Å². The number of furan rings is 2. The van der Waals surface area contributed by atoms with Crippen LogP contribution in [0.3, 0.4) is 0 Å². The van der Waals surface area contributed by atoms with Gasteiger partial charge in [-0.3, -0.25) is 0 Å². The molecule has 6 heterocycles. The minimum absolute atomic E-state index is 0.883. The lowest BCUT2D eigenvalue weighted by Gasteiger charge is -1.96. The first-order chi connectivity index (χ1) is 18.3. The maximum Gasteiger partial charge on any atom is 0.192 e. The minimum Gasteiger partial charge on any atom is -0.449 e. The summed E-state index contributed by atoms with van der Waals surface area (Å²) in [5.41, 5.74) is 6.25. The molecule has 0 saturated heterocycles. The first-order valence-corrected chi connectivity index (χ1v) is 19.0. The lowest BCUT2D eigenvalue weighted by Crippen LogP contribution is -1.75. The second kappa shape index (κ2) is 9.26. The van der Waals surface area contributed by atoms with Crippen LogP contribution in [0, 0.1) is 28.1 Å². The number of hydrogen-bond donors (Lipinski definition) is 0. The van der Waals surface area contributed by atoms with Crippen molar-refractivity contribution in [3.63, 3.8) is 0 Å². The van der Waals surface area contributed by atoms with Gasteiger partial charge in [0, 0.05) is 27.3 Å². The SMILES string of the molecule is Cc1ccc2c(I)c(-c3sc4c(oc5c4oc4c(I)c(-c6sc7cc(C)ccc7c6I)sc45)c3I)sc2c1. The van der Waals surface area contributed by atoms with E-state index in [4.69, 9.17) is 8.83 Å². The highest BCUT2D eigenvalue weighted by Gasteiger charge is 2.29. The van der Waals surface area contributed by atoms with E-state index >= 15 is 0 Å². The third kappa shape index (κ3) is 3.65. The van der Waals surface area contributed by atoms with Gasteiger partial charge in [0.1, 0.15) is 9.40 Å². The van der Waals surface area contributed by atoms with Crippen molar-refractivity contribution in [2.45, 2.75) is 13.8 Å². The van der Waals surface area contributed by atoms with Gasteiger partial charge in [0.05, 0.1) is 26.6 Å². The van der Waals surface area contributed by atoms with E-state index in [1.165, 1.54) is 65.1 Å². The van der Waals surface area contributed by atoms with Gasteiger partial charge in [-0.25, -0.2) is 0 Å². The average Bonchev–Trinajstić information content (AvgIpc) is 3.69. The molecule has 0 fully saturated rings. The van der Waals surface area contributed by atoms with E-state index in [2.05, 4.69) is 141 Å². The van der Waals surface area contributed by atoms with Crippen molar-refractivity contribution >= 4 is 188 Å². The van der Waals surface area contributed by atoms with Crippen LogP contribution in [0.4, 0.5) is 0 Å². The van der Waals surface area contributed by atoms with E-state index in [1.54, 1.807) is 22.7 Å². The molecule has 0 bridgehead atoms. The Morgan fingerprint density at radius 2 is 0.895 bits per heavy atom. The molecule has 188 valence electrons. The second-order valence-electron chi connectivity index (χ2n) is 9.16. The lowest BCUT2D eigenvalue weighted by atomic mass is 10.2. The fraction of sp³-hybridized carbons (Fsp3) is 0.0714. The standard InChI is InChI=1S/C28H12I4O2S4/c1-9-3-5-11-13(7-9)35-23(15(11)29)25-17(31)19-27(37-25)21-22(33-19)28-20(34-21)18(32)26(38-28)24-16(30)12-6-4-10(2)8-14(12)36-24/h3-8H,1-2H3. The Balaban J connectivity index is 1.31. The highest BCUT2D eigenvalue weighted by molar-refractivity contribution is 14.1. The molecule has 0 atom stereocenters. The van der Waals surface area contributed by atoms with Crippen molar-refractivity contribution in [1.29, 1.82) is 0 Å². The van der Waals surface area contributed by atoms with Gasteiger partial charge in [-0.2, -0.15) is 0 Å². The summed E-state index contributed by atoms with van der Waals surface area (Å²) in [6.45, 7) is 4.31. The molecule has 0 radical (unpaired) electrons. The average molecular weight is 1020 g/mol. The highest BCUT2D eigenvalue weighted by atomic mass is 127. The van der Waals surface area contributed by atoms with Gasteiger partial charge in [-0.15, -0.1) is 45.3 Å². The van der Waals surface area contributed by atoms with Crippen molar-refractivity contribution in [3.05, 3.63) is 61.8 Å². The maximum atomic E-state index is 6.60. The molecule has 0 saturated carbocycles. The van der Waals surface area contributed by atoms with Crippen molar-refractivity contribution in [2.75, 3.05) is 0 Å².